The summed E-state index contributed by atoms with van der Waals surface area (Å²) in [5.74, 6) is 0.110. The van der Waals surface area contributed by atoms with E-state index in [4.69, 9.17) is 0 Å². The van der Waals surface area contributed by atoms with Crippen molar-refractivity contribution in [1.29, 1.82) is 0 Å². The summed E-state index contributed by atoms with van der Waals surface area (Å²) < 4.78 is 30.9. The first-order valence-corrected chi connectivity index (χ1v) is 13.3. The van der Waals surface area contributed by atoms with Crippen molar-refractivity contribution in [2.24, 2.45) is 10.3 Å². The van der Waals surface area contributed by atoms with Gasteiger partial charge >= 0.3 is 0 Å². The average Bonchev–Trinajstić information content (AvgIpc) is 3.52. The molecule has 8 nitrogen and oxygen atoms in total. The Bertz CT molecular complexity index is 1510. The third kappa shape index (κ3) is 3.68. The first-order chi connectivity index (χ1) is 16.5. The first kappa shape index (κ1) is 21.1. The van der Waals surface area contributed by atoms with Crippen LogP contribution in [0, 0.1) is 5.92 Å². The number of nitrogens with one attached hydrogen (secondary N) is 1. The van der Waals surface area contributed by atoms with Crippen LogP contribution in [0.5, 0.6) is 0 Å². The predicted molar refractivity (Wildman–Crippen MR) is 132 cm³/mol. The van der Waals surface area contributed by atoms with Crippen molar-refractivity contribution in [3.63, 3.8) is 0 Å². The number of imidazole rings is 1. The lowest BCUT2D eigenvalue weighted by molar-refractivity contribution is -0.121. The second-order valence-corrected chi connectivity index (χ2v) is 10.9. The van der Waals surface area contributed by atoms with Gasteiger partial charge in [-0.1, -0.05) is 24.3 Å². The molecule has 0 radical (unpaired) electrons. The summed E-state index contributed by atoms with van der Waals surface area (Å²) in [5, 5.41) is 5.01. The number of carbonyl (C=O) groups is 1. The molecule has 1 atom stereocenters. The molecule has 0 bridgehead atoms. The Kier molecular flexibility index (Phi) is 5.00. The number of nitrogens with zero attached hydrogens (tertiary/aromatic N) is 4. The minimum Gasteiger partial charge on any atom is -0.355 e. The highest BCUT2D eigenvalue weighted by Crippen LogP contribution is 2.30. The largest absolute Gasteiger partial charge is 0.355 e. The van der Waals surface area contributed by atoms with Gasteiger partial charge in [-0.25, -0.2) is 4.98 Å². The summed E-state index contributed by atoms with van der Waals surface area (Å²) in [6.07, 6.45) is 5.49. The van der Waals surface area contributed by atoms with E-state index in [1.807, 2.05) is 51.3 Å². The van der Waals surface area contributed by atoms with Crippen molar-refractivity contribution in [2.45, 2.75) is 17.7 Å². The number of fused-ring (bicyclic) bond motifs is 2. The zero-order chi connectivity index (χ0) is 23.3. The highest BCUT2D eigenvalue weighted by Gasteiger charge is 2.35. The SMILES string of the molecule is O=C(Nc1ccc(-c2cn3ccsc3n2)cc1)[C@@H]1CCCN(C2=NS(=O)(=O)c3ccccc32)C1. The van der Waals surface area contributed by atoms with E-state index in [-0.39, 0.29) is 16.7 Å². The maximum absolute atomic E-state index is 13.0. The molecule has 0 unspecified atom stereocenters. The normalized spacial score (nSPS) is 19.1. The molecule has 172 valence electrons. The molecule has 1 amide bonds. The van der Waals surface area contributed by atoms with Crippen LogP contribution in [0.15, 0.2) is 75.6 Å². The number of rotatable bonds is 3. The van der Waals surface area contributed by atoms with Crippen LogP contribution in [0.1, 0.15) is 18.4 Å². The molecule has 2 aliphatic heterocycles. The lowest BCUT2D eigenvalue weighted by Gasteiger charge is -2.33. The number of hydrogen-bond donors (Lipinski definition) is 1. The molecule has 2 aromatic carbocycles. The van der Waals surface area contributed by atoms with Crippen molar-refractivity contribution < 1.29 is 13.2 Å². The zero-order valence-corrected chi connectivity index (χ0v) is 19.7. The van der Waals surface area contributed by atoms with E-state index in [1.54, 1.807) is 35.6 Å². The van der Waals surface area contributed by atoms with E-state index in [0.29, 0.717) is 24.5 Å². The Morgan fingerprint density at radius 1 is 1.12 bits per heavy atom. The van der Waals surface area contributed by atoms with Crippen molar-refractivity contribution >= 4 is 43.8 Å². The van der Waals surface area contributed by atoms with Gasteiger partial charge in [0.2, 0.25) is 5.91 Å². The maximum Gasteiger partial charge on any atom is 0.285 e. The van der Waals surface area contributed by atoms with Crippen LogP contribution in [0.25, 0.3) is 16.2 Å². The molecule has 0 aliphatic carbocycles. The quantitative estimate of drug-likeness (QED) is 0.469. The van der Waals surface area contributed by atoms with Crippen LogP contribution in [0.4, 0.5) is 5.69 Å². The van der Waals surface area contributed by atoms with Gasteiger partial charge in [-0.2, -0.15) is 8.42 Å². The van der Waals surface area contributed by atoms with E-state index < -0.39 is 10.0 Å². The summed E-state index contributed by atoms with van der Waals surface area (Å²) >= 11 is 1.58. The van der Waals surface area contributed by atoms with Gasteiger partial charge in [-0.15, -0.1) is 15.7 Å². The molecule has 10 heteroatoms. The number of anilines is 1. The van der Waals surface area contributed by atoms with Crippen LogP contribution >= 0.6 is 11.3 Å². The van der Waals surface area contributed by atoms with E-state index in [9.17, 15) is 13.2 Å². The summed E-state index contributed by atoms with van der Waals surface area (Å²) in [6.45, 7) is 1.10. The predicted octanol–water partition coefficient (Wildman–Crippen LogP) is 3.86. The summed E-state index contributed by atoms with van der Waals surface area (Å²) in [5.41, 5.74) is 3.20. The Balaban J connectivity index is 1.15. The molecule has 2 aliphatic rings. The molecule has 1 fully saturated rings. The molecular weight excluding hydrogens is 470 g/mol. The number of amides is 1. The second kappa shape index (κ2) is 8.07. The van der Waals surface area contributed by atoms with Gasteiger partial charge in [-0.3, -0.25) is 9.20 Å². The average molecular weight is 492 g/mol. The molecular formula is C24H21N5O3S2. The highest BCUT2D eigenvalue weighted by molar-refractivity contribution is 7.90. The van der Waals surface area contributed by atoms with Crippen molar-refractivity contribution in [3.05, 3.63) is 71.9 Å². The fourth-order valence-corrected chi connectivity index (χ4v) is 6.46. The van der Waals surface area contributed by atoms with Crippen molar-refractivity contribution in [2.75, 3.05) is 18.4 Å². The number of likely N-dealkylation sites (tertiary alicyclic amines) is 1. The monoisotopic (exact) mass is 491 g/mol. The number of piperidine rings is 1. The van der Waals surface area contributed by atoms with Gasteiger partial charge in [0.15, 0.2) is 10.8 Å². The molecule has 0 spiro atoms. The topological polar surface area (TPSA) is 96.1 Å². The molecule has 1 N–H and O–H groups in total. The van der Waals surface area contributed by atoms with E-state index in [0.717, 1.165) is 34.7 Å². The van der Waals surface area contributed by atoms with Gasteiger partial charge < -0.3 is 10.2 Å². The first-order valence-electron chi connectivity index (χ1n) is 11.0. The third-order valence-corrected chi connectivity index (χ3v) is 8.34. The number of hydrogen-bond acceptors (Lipinski definition) is 6. The summed E-state index contributed by atoms with van der Waals surface area (Å²) in [4.78, 5) is 20.7. The fourth-order valence-electron chi connectivity index (χ4n) is 4.54. The van der Waals surface area contributed by atoms with Crippen LogP contribution in [0.2, 0.25) is 0 Å². The number of amidine groups is 1. The second-order valence-electron chi connectivity index (χ2n) is 8.46. The number of sulfonamides is 1. The van der Waals surface area contributed by atoms with Crippen LogP contribution in [0.3, 0.4) is 0 Å². The number of carbonyl (C=O) groups excluding carboxylic acids is 1. The molecule has 34 heavy (non-hydrogen) atoms. The molecule has 2 aromatic heterocycles. The molecule has 1 saturated heterocycles. The van der Waals surface area contributed by atoms with E-state index >= 15 is 0 Å². The molecule has 4 heterocycles. The standard InChI is InChI=1S/C24H21N5O3S2/c30-23(25-18-9-7-16(8-10-18)20-15-29-12-13-33-24(29)26-20)17-4-3-11-28(14-17)22-19-5-1-2-6-21(19)34(31,32)27-22/h1-2,5-10,12-13,15,17H,3-4,11,14H2,(H,25,30)/t17-/m1/s1. The number of benzene rings is 2. The lowest BCUT2D eigenvalue weighted by atomic mass is 9.96. The minimum absolute atomic E-state index is 0.0744. The van der Waals surface area contributed by atoms with Gasteiger partial charge in [0.05, 0.1) is 11.6 Å². The molecule has 0 saturated carbocycles. The Morgan fingerprint density at radius 2 is 1.94 bits per heavy atom. The van der Waals surface area contributed by atoms with Crippen LogP contribution in [-0.2, 0) is 14.8 Å². The van der Waals surface area contributed by atoms with Gasteiger partial charge in [0, 0.05) is 47.7 Å². The van der Waals surface area contributed by atoms with Gasteiger partial charge in [-0.05, 0) is 37.1 Å². The Labute approximate surface area is 200 Å². The third-order valence-electron chi connectivity index (χ3n) is 6.25. The minimum atomic E-state index is -3.68. The fraction of sp³-hybridized carbons (Fsp3) is 0.208. The molecule has 4 aromatic rings. The van der Waals surface area contributed by atoms with Crippen LogP contribution in [-0.4, -0.2) is 47.5 Å². The smallest absolute Gasteiger partial charge is 0.285 e. The number of aromatic nitrogens is 2. The van der Waals surface area contributed by atoms with Crippen molar-refractivity contribution in [3.8, 4) is 11.3 Å². The van der Waals surface area contributed by atoms with Crippen LogP contribution < -0.4 is 5.32 Å². The Hall–Kier alpha value is -3.50. The van der Waals surface area contributed by atoms with E-state index in [2.05, 4.69) is 14.7 Å². The Morgan fingerprint density at radius 3 is 2.76 bits per heavy atom. The highest BCUT2D eigenvalue weighted by atomic mass is 32.2. The summed E-state index contributed by atoms with van der Waals surface area (Å²) in [6, 6.07) is 14.5. The maximum atomic E-state index is 13.0. The number of thiazole rings is 1. The van der Waals surface area contributed by atoms with E-state index in [1.165, 1.54) is 0 Å². The van der Waals surface area contributed by atoms with Gasteiger partial charge in [0.25, 0.3) is 10.0 Å². The lowest BCUT2D eigenvalue weighted by Crippen LogP contribution is -2.43. The summed E-state index contributed by atoms with van der Waals surface area (Å²) in [7, 11) is -3.68. The van der Waals surface area contributed by atoms with Gasteiger partial charge in [0.1, 0.15) is 4.90 Å². The zero-order valence-electron chi connectivity index (χ0n) is 18.1. The van der Waals surface area contributed by atoms with Crippen molar-refractivity contribution in [1.82, 2.24) is 14.3 Å². The molecule has 6 rings (SSSR count).